The molecule has 1 amide bonds. The molecule has 1 N–H and O–H groups in total. The summed E-state index contributed by atoms with van der Waals surface area (Å²) >= 11 is 0. The van der Waals surface area contributed by atoms with E-state index in [2.05, 4.69) is 10.3 Å². The second-order valence-electron chi connectivity index (χ2n) is 4.94. The van der Waals surface area contributed by atoms with E-state index in [0.29, 0.717) is 6.54 Å². The predicted octanol–water partition coefficient (Wildman–Crippen LogP) is 0.760. The maximum absolute atomic E-state index is 12.3. The lowest BCUT2D eigenvalue weighted by molar-refractivity contribution is -0.133. The highest BCUT2D eigenvalue weighted by Crippen LogP contribution is 2.28. The third-order valence-corrected chi connectivity index (χ3v) is 3.27. The van der Waals surface area contributed by atoms with Crippen molar-refractivity contribution in [2.75, 3.05) is 0 Å². The Kier molecular flexibility index (Phi) is 3.43. The molecule has 8 heteroatoms. The Balaban J connectivity index is 1.67. The first kappa shape index (κ1) is 13.3. The largest absolute Gasteiger partial charge is 0.476 e. The van der Waals surface area contributed by atoms with Gasteiger partial charge in [-0.15, -0.1) is 5.10 Å². The fraction of sp³-hybridized carbons (Fsp3) is 0.385. The van der Waals surface area contributed by atoms with Crippen LogP contribution in [0.4, 0.5) is 0 Å². The van der Waals surface area contributed by atoms with E-state index in [0.717, 1.165) is 18.6 Å². The molecule has 21 heavy (non-hydrogen) atoms. The van der Waals surface area contributed by atoms with Crippen molar-refractivity contribution in [2.45, 2.75) is 32.0 Å². The van der Waals surface area contributed by atoms with E-state index in [1.54, 1.807) is 17.2 Å². The first-order chi connectivity index (χ1) is 10.1. The number of hydrogen-bond donors (Lipinski definition) is 1. The maximum atomic E-state index is 12.3. The van der Waals surface area contributed by atoms with Crippen LogP contribution in [0.1, 0.15) is 29.1 Å². The van der Waals surface area contributed by atoms with Gasteiger partial charge in [-0.05, 0) is 25.0 Å². The molecule has 8 nitrogen and oxygen atoms in total. The molecule has 0 bridgehead atoms. The molecule has 1 aliphatic carbocycles. The minimum absolute atomic E-state index is 0.0303. The Morgan fingerprint density at radius 1 is 1.48 bits per heavy atom. The molecule has 0 aromatic carbocycles. The molecule has 1 aliphatic rings. The van der Waals surface area contributed by atoms with Gasteiger partial charge in [0.15, 0.2) is 5.69 Å². The van der Waals surface area contributed by atoms with Gasteiger partial charge in [-0.1, -0.05) is 5.21 Å². The van der Waals surface area contributed by atoms with Crippen molar-refractivity contribution in [1.82, 2.24) is 19.9 Å². The number of carbonyl (C=O) groups is 2. The number of carboxylic acid groups (broad SMARTS) is 1. The van der Waals surface area contributed by atoms with Gasteiger partial charge in [0.2, 0.25) is 5.91 Å². The Morgan fingerprint density at radius 2 is 2.29 bits per heavy atom. The second kappa shape index (κ2) is 5.39. The van der Waals surface area contributed by atoms with Crippen LogP contribution in [-0.2, 0) is 17.9 Å². The van der Waals surface area contributed by atoms with Gasteiger partial charge in [-0.25, -0.2) is 9.48 Å². The van der Waals surface area contributed by atoms with Crippen molar-refractivity contribution < 1.29 is 19.1 Å². The van der Waals surface area contributed by atoms with E-state index < -0.39 is 5.97 Å². The van der Waals surface area contributed by atoms with E-state index >= 15 is 0 Å². The maximum Gasteiger partial charge on any atom is 0.358 e. The Hall–Kier alpha value is -2.64. The minimum Gasteiger partial charge on any atom is -0.476 e. The fourth-order valence-electron chi connectivity index (χ4n) is 2.08. The van der Waals surface area contributed by atoms with Gasteiger partial charge in [0.05, 0.1) is 19.0 Å². The number of carbonyl (C=O) groups excluding carboxylic acids is 1. The molecule has 0 aliphatic heterocycles. The van der Waals surface area contributed by atoms with E-state index in [9.17, 15) is 9.59 Å². The quantitative estimate of drug-likeness (QED) is 0.842. The number of rotatable bonds is 6. The molecular formula is C13H14N4O4. The molecule has 2 heterocycles. The summed E-state index contributed by atoms with van der Waals surface area (Å²) in [7, 11) is 0. The molecule has 0 spiro atoms. The van der Waals surface area contributed by atoms with Crippen LogP contribution in [0.5, 0.6) is 0 Å². The third-order valence-electron chi connectivity index (χ3n) is 3.27. The second-order valence-corrected chi connectivity index (χ2v) is 4.94. The average molecular weight is 290 g/mol. The number of carboxylic acids is 1. The Morgan fingerprint density at radius 3 is 2.86 bits per heavy atom. The van der Waals surface area contributed by atoms with Gasteiger partial charge in [0.25, 0.3) is 0 Å². The monoisotopic (exact) mass is 290 g/mol. The molecule has 0 saturated heterocycles. The Bertz CT molecular complexity index is 645. The van der Waals surface area contributed by atoms with Gasteiger partial charge >= 0.3 is 5.97 Å². The smallest absolute Gasteiger partial charge is 0.358 e. The van der Waals surface area contributed by atoms with Gasteiger partial charge < -0.3 is 14.4 Å². The van der Waals surface area contributed by atoms with Crippen molar-refractivity contribution in [2.24, 2.45) is 0 Å². The van der Waals surface area contributed by atoms with Crippen LogP contribution in [0.15, 0.2) is 29.0 Å². The molecule has 110 valence electrons. The minimum atomic E-state index is -1.16. The van der Waals surface area contributed by atoms with Crippen LogP contribution in [0.25, 0.3) is 0 Å². The first-order valence-corrected chi connectivity index (χ1v) is 6.59. The van der Waals surface area contributed by atoms with Crippen LogP contribution in [0.3, 0.4) is 0 Å². The summed E-state index contributed by atoms with van der Waals surface area (Å²) in [5.41, 5.74) is -0.174. The van der Waals surface area contributed by atoms with Gasteiger partial charge in [-0.2, -0.15) is 0 Å². The number of hydrogen-bond acceptors (Lipinski definition) is 5. The van der Waals surface area contributed by atoms with Crippen LogP contribution in [0, 0.1) is 0 Å². The number of aromatic carboxylic acids is 1. The van der Waals surface area contributed by atoms with Crippen LogP contribution in [0.2, 0.25) is 0 Å². The van der Waals surface area contributed by atoms with Crippen molar-refractivity contribution in [3.63, 3.8) is 0 Å². The van der Waals surface area contributed by atoms with Gasteiger partial charge in [0.1, 0.15) is 12.3 Å². The summed E-state index contributed by atoms with van der Waals surface area (Å²) < 4.78 is 6.51. The SMILES string of the molecule is O=C(O)c1cn(CC(=O)N(Cc2ccco2)C2CC2)nn1. The van der Waals surface area contributed by atoms with Crippen molar-refractivity contribution in [3.8, 4) is 0 Å². The molecular weight excluding hydrogens is 276 g/mol. The predicted molar refractivity (Wildman–Crippen MR) is 69.3 cm³/mol. The van der Waals surface area contributed by atoms with Gasteiger partial charge in [-0.3, -0.25) is 4.79 Å². The third kappa shape index (κ3) is 3.10. The Labute approximate surface area is 120 Å². The standard InChI is InChI=1S/C13H14N4O4/c18-12(8-16-7-11(13(19)20)14-15-16)17(9-3-4-9)6-10-2-1-5-21-10/h1-2,5,7,9H,3-4,6,8H2,(H,19,20). The van der Waals surface area contributed by atoms with Crippen LogP contribution < -0.4 is 0 Å². The van der Waals surface area contributed by atoms with Crippen molar-refractivity contribution in [1.29, 1.82) is 0 Å². The molecule has 1 fully saturated rings. The van der Waals surface area contributed by atoms with E-state index in [1.165, 1.54) is 10.9 Å². The molecule has 0 atom stereocenters. The summed E-state index contributed by atoms with van der Waals surface area (Å²) in [6.07, 6.45) is 4.77. The zero-order valence-electron chi connectivity index (χ0n) is 11.2. The first-order valence-electron chi connectivity index (χ1n) is 6.59. The molecule has 0 unspecified atom stereocenters. The normalized spacial score (nSPS) is 14.1. The molecule has 3 rings (SSSR count). The van der Waals surface area contributed by atoms with Crippen LogP contribution in [-0.4, -0.2) is 42.9 Å². The lowest BCUT2D eigenvalue weighted by atomic mass is 10.3. The molecule has 2 aromatic rings. The summed E-state index contributed by atoms with van der Waals surface area (Å²) in [5.74, 6) is -0.570. The number of nitrogens with zero attached hydrogens (tertiary/aromatic N) is 4. The van der Waals surface area contributed by atoms with Crippen molar-refractivity contribution >= 4 is 11.9 Å². The number of amides is 1. The lowest BCUT2D eigenvalue weighted by Crippen LogP contribution is -2.35. The van der Waals surface area contributed by atoms with Crippen LogP contribution >= 0.6 is 0 Å². The topological polar surface area (TPSA) is 101 Å². The highest BCUT2D eigenvalue weighted by molar-refractivity contribution is 5.84. The number of aromatic nitrogens is 3. The lowest BCUT2D eigenvalue weighted by Gasteiger charge is -2.21. The van der Waals surface area contributed by atoms with E-state index in [1.807, 2.05) is 6.07 Å². The molecule has 1 saturated carbocycles. The van der Waals surface area contributed by atoms with E-state index in [4.69, 9.17) is 9.52 Å². The average Bonchev–Trinajstić information content (AvgIpc) is 2.97. The zero-order chi connectivity index (χ0) is 14.8. The molecule has 0 radical (unpaired) electrons. The summed E-state index contributed by atoms with van der Waals surface area (Å²) in [6, 6.07) is 3.83. The summed E-state index contributed by atoms with van der Waals surface area (Å²) in [4.78, 5) is 24.8. The highest BCUT2D eigenvalue weighted by atomic mass is 16.4. The van der Waals surface area contributed by atoms with E-state index in [-0.39, 0.29) is 24.2 Å². The number of furan rings is 1. The zero-order valence-corrected chi connectivity index (χ0v) is 11.2. The molecule has 2 aromatic heterocycles. The van der Waals surface area contributed by atoms with Gasteiger partial charge in [0, 0.05) is 6.04 Å². The van der Waals surface area contributed by atoms with Crippen molar-refractivity contribution in [3.05, 3.63) is 36.0 Å². The fourth-order valence-corrected chi connectivity index (χ4v) is 2.08. The highest BCUT2D eigenvalue weighted by Gasteiger charge is 2.33. The summed E-state index contributed by atoms with van der Waals surface area (Å²) in [5, 5.41) is 15.9. The summed E-state index contributed by atoms with van der Waals surface area (Å²) in [6.45, 7) is 0.383.